The number of β-lactam (4-membered cyclic amide) rings is 1. The van der Waals surface area contributed by atoms with Crippen LogP contribution in [0, 0.1) is 5.41 Å². The molecule has 4 rings (SSSR count). The number of rotatable bonds is 10. The quantitative estimate of drug-likeness (QED) is 0.0499. The molecule has 4 amide bonds. The zero-order valence-electron chi connectivity index (χ0n) is 22.6. The number of thioether (sulfide) groups is 1. The van der Waals surface area contributed by atoms with Crippen LogP contribution in [-0.4, -0.2) is 103 Å². The van der Waals surface area contributed by atoms with Crippen LogP contribution in [0.2, 0.25) is 0 Å². The zero-order chi connectivity index (χ0) is 32.2. The molecule has 0 radical (unpaired) electrons. The number of oxime groups is 1. The van der Waals surface area contributed by atoms with Crippen LogP contribution in [0.3, 0.4) is 0 Å². The van der Waals surface area contributed by atoms with Crippen molar-refractivity contribution in [3.63, 3.8) is 0 Å². The molecule has 0 aliphatic carbocycles. The van der Waals surface area contributed by atoms with Gasteiger partial charge in [0, 0.05) is 30.2 Å². The zero-order valence-corrected chi connectivity index (χ0v) is 24.3. The summed E-state index contributed by atoms with van der Waals surface area (Å²) in [6.45, 7) is -0.282. The van der Waals surface area contributed by atoms with Gasteiger partial charge in [0.25, 0.3) is 17.7 Å². The number of hydrogen-bond acceptors (Lipinski definition) is 15. The van der Waals surface area contributed by atoms with Crippen LogP contribution in [0.4, 0.5) is 5.13 Å². The first kappa shape index (κ1) is 31.8. The minimum absolute atomic E-state index is 0.00264. The molecule has 0 bridgehead atoms. The Labute approximate surface area is 255 Å². The topological polar surface area (TPSA) is 272 Å². The summed E-state index contributed by atoms with van der Waals surface area (Å²) in [5.41, 5.74) is 7.76. The average molecular weight is 652 g/mol. The lowest BCUT2D eigenvalue weighted by Gasteiger charge is -2.53. The number of aromatic nitrogens is 1. The number of phenols is 2. The van der Waals surface area contributed by atoms with E-state index in [0.29, 0.717) is 0 Å². The average Bonchev–Trinajstić information content (AvgIpc) is 3.42. The predicted molar refractivity (Wildman–Crippen MR) is 151 cm³/mol. The third-order valence-electron chi connectivity index (χ3n) is 6.32. The molecule has 2 saturated heterocycles. The summed E-state index contributed by atoms with van der Waals surface area (Å²) in [5, 5.41) is 35.7. The van der Waals surface area contributed by atoms with Crippen molar-refractivity contribution in [3.8, 4) is 11.5 Å². The molecule has 3 atom stereocenters. The first-order valence-electron chi connectivity index (χ1n) is 12.4. The SMILES string of the molecule is CC(=O)OCC1(C(=O)O)CS[C@@H]2C(NC(=O)C(=NOCC(=O)NNC(=O)c3ccc(O)c(O)c3)c3csc(N)n3)C(=O)N2C1. The highest BCUT2D eigenvalue weighted by atomic mass is 32.2. The fourth-order valence-corrected chi connectivity index (χ4v) is 6.08. The van der Waals surface area contributed by atoms with E-state index in [9.17, 15) is 44.1 Å². The summed E-state index contributed by atoms with van der Waals surface area (Å²) in [4.78, 5) is 83.8. The Morgan fingerprint density at radius 1 is 1.20 bits per heavy atom. The third-order valence-corrected chi connectivity index (χ3v) is 8.58. The Kier molecular flexibility index (Phi) is 9.43. The highest BCUT2D eigenvalue weighted by Crippen LogP contribution is 2.42. The number of aliphatic carboxylic acids is 1. The van der Waals surface area contributed by atoms with Crippen LogP contribution >= 0.6 is 23.1 Å². The van der Waals surface area contributed by atoms with E-state index in [4.69, 9.17) is 15.3 Å². The Balaban J connectivity index is 1.36. The van der Waals surface area contributed by atoms with Crippen LogP contribution in [0.5, 0.6) is 11.5 Å². The van der Waals surface area contributed by atoms with E-state index in [-0.39, 0.29) is 28.7 Å². The number of aromatic hydroxyl groups is 2. The Morgan fingerprint density at radius 3 is 2.59 bits per heavy atom. The van der Waals surface area contributed by atoms with Crippen molar-refractivity contribution >= 4 is 69.5 Å². The summed E-state index contributed by atoms with van der Waals surface area (Å²) in [7, 11) is 0. The highest BCUT2D eigenvalue weighted by Gasteiger charge is 2.58. The number of esters is 1. The van der Waals surface area contributed by atoms with Gasteiger partial charge in [0.05, 0.1) is 0 Å². The maximum absolute atomic E-state index is 13.2. The van der Waals surface area contributed by atoms with Crippen LogP contribution in [0.25, 0.3) is 0 Å². The minimum Gasteiger partial charge on any atom is -0.504 e. The molecule has 1 aromatic heterocycles. The molecule has 1 aromatic carbocycles. The second-order valence-corrected chi connectivity index (χ2v) is 11.5. The fraction of sp³-hybridized carbons (Fsp3) is 0.333. The number of benzene rings is 1. The van der Waals surface area contributed by atoms with Gasteiger partial charge in [-0.25, -0.2) is 4.98 Å². The van der Waals surface area contributed by atoms with Gasteiger partial charge >= 0.3 is 11.9 Å². The lowest BCUT2D eigenvalue weighted by atomic mass is 9.88. The van der Waals surface area contributed by atoms with Crippen molar-refractivity contribution in [2.24, 2.45) is 10.6 Å². The number of anilines is 1. The predicted octanol–water partition coefficient (Wildman–Crippen LogP) is -1.65. The second kappa shape index (κ2) is 13.0. The lowest BCUT2D eigenvalue weighted by molar-refractivity contribution is -0.164. The maximum atomic E-state index is 13.2. The minimum atomic E-state index is -1.51. The number of ether oxygens (including phenoxy) is 1. The number of carbonyl (C=O) groups excluding carboxylic acids is 5. The van der Waals surface area contributed by atoms with Gasteiger partial charge in [-0.15, -0.1) is 23.1 Å². The molecule has 18 nitrogen and oxygen atoms in total. The van der Waals surface area contributed by atoms with Crippen LogP contribution in [-0.2, 0) is 33.5 Å². The molecule has 8 N–H and O–H groups in total. The van der Waals surface area contributed by atoms with Gasteiger partial charge in [0.15, 0.2) is 28.9 Å². The summed E-state index contributed by atoms with van der Waals surface area (Å²) in [5.74, 6) is -6.05. The van der Waals surface area contributed by atoms with Gasteiger partial charge in [-0.1, -0.05) is 5.16 Å². The van der Waals surface area contributed by atoms with Crippen molar-refractivity contribution in [3.05, 3.63) is 34.8 Å². The molecule has 0 spiro atoms. The fourth-order valence-electron chi connectivity index (χ4n) is 4.01. The van der Waals surface area contributed by atoms with Crippen molar-refractivity contribution in [1.82, 2.24) is 26.1 Å². The number of nitrogens with zero attached hydrogens (tertiary/aromatic N) is 3. The van der Waals surface area contributed by atoms with Gasteiger partial charge in [-0.05, 0) is 18.2 Å². The maximum Gasteiger partial charge on any atom is 0.315 e. The number of amides is 4. The van der Waals surface area contributed by atoms with E-state index in [0.717, 1.165) is 42.2 Å². The monoisotopic (exact) mass is 651 g/mol. The molecule has 2 aromatic rings. The number of carboxylic acids is 1. The van der Waals surface area contributed by atoms with E-state index in [1.807, 2.05) is 5.43 Å². The number of phenolic OH excluding ortho intramolecular Hbond substituents is 2. The summed E-state index contributed by atoms with van der Waals surface area (Å²) < 4.78 is 4.92. The molecule has 3 heterocycles. The third kappa shape index (κ3) is 6.92. The molecular weight excluding hydrogens is 626 g/mol. The van der Waals surface area contributed by atoms with Gasteiger partial charge in [0.2, 0.25) is 5.91 Å². The van der Waals surface area contributed by atoms with Crippen LogP contribution in [0.1, 0.15) is 23.0 Å². The number of nitrogens with two attached hydrogens (primary N) is 1. The Hall–Kier alpha value is -5.11. The van der Waals surface area contributed by atoms with Crippen LogP contribution < -0.4 is 21.9 Å². The van der Waals surface area contributed by atoms with Gasteiger partial charge in [-0.2, -0.15) is 0 Å². The molecule has 44 heavy (non-hydrogen) atoms. The van der Waals surface area contributed by atoms with Crippen LogP contribution in [0.15, 0.2) is 28.7 Å². The summed E-state index contributed by atoms with van der Waals surface area (Å²) in [6, 6.07) is 2.21. The summed E-state index contributed by atoms with van der Waals surface area (Å²) in [6.07, 6.45) is 0. The van der Waals surface area contributed by atoms with Gasteiger partial charge in [0.1, 0.15) is 29.1 Å². The number of carbonyl (C=O) groups is 6. The number of thiazole rings is 1. The number of hydrogen-bond donors (Lipinski definition) is 7. The second-order valence-electron chi connectivity index (χ2n) is 9.47. The van der Waals surface area contributed by atoms with Crippen molar-refractivity contribution in [1.29, 1.82) is 0 Å². The molecule has 234 valence electrons. The molecule has 2 unspecified atom stereocenters. The first-order chi connectivity index (χ1) is 20.8. The van der Waals surface area contributed by atoms with E-state index in [1.54, 1.807) is 0 Å². The molecule has 2 aliphatic rings. The number of nitrogens with one attached hydrogen (secondary N) is 3. The highest BCUT2D eigenvalue weighted by molar-refractivity contribution is 8.00. The van der Waals surface area contributed by atoms with Crippen molar-refractivity contribution < 1.29 is 53.7 Å². The van der Waals surface area contributed by atoms with E-state index in [1.165, 1.54) is 16.3 Å². The molecule has 20 heteroatoms. The van der Waals surface area contributed by atoms with Crippen molar-refractivity contribution in [2.75, 3.05) is 31.2 Å². The number of nitrogen functional groups attached to an aromatic ring is 1. The molecule has 2 aliphatic heterocycles. The smallest absolute Gasteiger partial charge is 0.315 e. The van der Waals surface area contributed by atoms with Gasteiger partial charge < -0.3 is 40.8 Å². The van der Waals surface area contributed by atoms with E-state index < -0.39 is 82.8 Å². The van der Waals surface area contributed by atoms with Gasteiger partial charge in [-0.3, -0.25) is 39.6 Å². The number of hydrazine groups is 1. The van der Waals surface area contributed by atoms with E-state index >= 15 is 0 Å². The molecule has 2 fully saturated rings. The Bertz CT molecular complexity index is 1550. The number of fused-ring (bicyclic) bond motifs is 1. The molecule has 0 saturated carbocycles. The largest absolute Gasteiger partial charge is 0.504 e. The standard InChI is InChI=1S/C24H25N7O11S2/c1-10(32)41-8-24(22(39)40)7-31-20(38)17(21(31)44-9-24)27-19(37)16(12-6-43-23(25)26-12)30-42-5-15(35)28-29-18(36)11-2-3-13(33)14(34)4-11/h2-4,6,17,21,33-34H,5,7-9H2,1H3,(H2,25,26)(H,27,37)(H,28,35)(H,29,36)(H,39,40)/t17?,21-,24?/m1/s1. The Morgan fingerprint density at radius 2 is 1.95 bits per heavy atom. The lowest BCUT2D eigenvalue weighted by Crippen LogP contribution is -2.74. The molecular formula is C24H25N7O11S2. The van der Waals surface area contributed by atoms with Crippen molar-refractivity contribution in [2.45, 2.75) is 18.3 Å². The van der Waals surface area contributed by atoms with E-state index in [2.05, 4.69) is 20.9 Å². The first-order valence-corrected chi connectivity index (χ1v) is 14.4. The normalized spacial score (nSPS) is 20.9. The number of carboxylic acid groups (broad SMARTS) is 1. The summed E-state index contributed by atoms with van der Waals surface area (Å²) >= 11 is 2.08.